The third-order valence-corrected chi connectivity index (χ3v) is 9.56. The minimum absolute atomic E-state index is 0.0862. The summed E-state index contributed by atoms with van der Waals surface area (Å²) >= 11 is 0. The number of nitrogens with zero attached hydrogens (tertiary/aromatic N) is 2. The lowest BCUT2D eigenvalue weighted by Gasteiger charge is -2.39. The van der Waals surface area contributed by atoms with Gasteiger partial charge in [-0.1, -0.05) is 12.1 Å². The third-order valence-electron chi connectivity index (χ3n) is 7.68. The summed E-state index contributed by atoms with van der Waals surface area (Å²) in [6.07, 6.45) is -13.5. The Labute approximate surface area is 260 Å². The minimum Gasteiger partial charge on any atom is -0.444 e. The summed E-state index contributed by atoms with van der Waals surface area (Å²) in [5.74, 6) is -1.28. The molecule has 2 atom stereocenters. The molecule has 254 valence electrons. The van der Waals surface area contributed by atoms with Crippen molar-refractivity contribution in [3.8, 4) is 0 Å². The second-order valence-corrected chi connectivity index (χ2v) is 14.0. The van der Waals surface area contributed by atoms with Crippen molar-refractivity contribution in [1.29, 1.82) is 0 Å². The maximum absolute atomic E-state index is 13.9. The Kier molecular flexibility index (Phi) is 9.36. The number of benzene rings is 2. The molecule has 1 saturated heterocycles. The molecule has 1 fully saturated rings. The lowest BCUT2D eigenvalue weighted by Crippen LogP contribution is -2.54. The van der Waals surface area contributed by atoms with Crippen LogP contribution in [-0.4, -0.2) is 73.6 Å². The van der Waals surface area contributed by atoms with E-state index in [2.05, 4.69) is 5.32 Å². The van der Waals surface area contributed by atoms with Crippen molar-refractivity contribution in [3.63, 3.8) is 0 Å². The van der Waals surface area contributed by atoms with Crippen LogP contribution in [0.1, 0.15) is 51.2 Å². The largest absolute Gasteiger partial charge is 0.444 e. The van der Waals surface area contributed by atoms with Crippen LogP contribution in [-0.2, 0) is 31.6 Å². The second-order valence-electron chi connectivity index (χ2n) is 12.2. The predicted molar refractivity (Wildman–Crippen MR) is 150 cm³/mol. The molecule has 4 rings (SSSR count). The molecular formula is C29H32F7N3O6S. The van der Waals surface area contributed by atoms with Gasteiger partial charge in [-0.15, -0.1) is 0 Å². The molecule has 2 aliphatic rings. The number of sulfonamides is 1. The summed E-state index contributed by atoms with van der Waals surface area (Å²) < 4.78 is 129. The van der Waals surface area contributed by atoms with E-state index in [0.29, 0.717) is 18.6 Å². The van der Waals surface area contributed by atoms with E-state index < -0.39 is 80.4 Å². The highest BCUT2D eigenvalue weighted by molar-refractivity contribution is 7.92. The van der Waals surface area contributed by atoms with E-state index >= 15 is 0 Å². The Morgan fingerprint density at radius 3 is 2.15 bits per heavy atom. The highest BCUT2D eigenvalue weighted by atomic mass is 32.2. The van der Waals surface area contributed by atoms with E-state index in [9.17, 15) is 53.8 Å². The smallest absolute Gasteiger partial charge is 0.430 e. The van der Waals surface area contributed by atoms with Crippen LogP contribution in [0.15, 0.2) is 47.4 Å². The zero-order chi connectivity index (χ0) is 34.5. The van der Waals surface area contributed by atoms with Crippen molar-refractivity contribution in [3.05, 3.63) is 59.4 Å². The number of alkyl carbamates (subject to hydrolysis) is 1. The first-order valence-corrected chi connectivity index (χ1v) is 15.5. The molecule has 0 aliphatic carbocycles. The van der Waals surface area contributed by atoms with Gasteiger partial charge in [-0.2, -0.15) is 26.3 Å². The third kappa shape index (κ3) is 7.04. The first-order valence-electron chi connectivity index (χ1n) is 14.1. The highest BCUT2D eigenvalue weighted by Crippen LogP contribution is 2.51. The van der Waals surface area contributed by atoms with Gasteiger partial charge in [0.25, 0.3) is 15.6 Å². The van der Waals surface area contributed by atoms with E-state index in [1.165, 1.54) is 4.90 Å². The number of likely N-dealkylation sites (tertiary alicyclic amines) is 1. The van der Waals surface area contributed by atoms with Crippen molar-refractivity contribution >= 4 is 27.7 Å². The van der Waals surface area contributed by atoms with Gasteiger partial charge in [-0.3, -0.25) is 9.10 Å². The molecule has 2 heterocycles. The molecule has 0 aromatic heterocycles. The molecule has 0 bridgehead atoms. The first kappa shape index (κ1) is 35.3. The van der Waals surface area contributed by atoms with E-state index in [0.717, 1.165) is 34.6 Å². The van der Waals surface area contributed by atoms with E-state index in [1.54, 1.807) is 20.8 Å². The van der Waals surface area contributed by atoms with Gasteiger partial charge in [0.15, 0.2) is 0 Å². The molecule has 17 heteroatoms. The molecule has 2 amide bonds. The lowest BCUT2D eigenvalue weighted by atomic mass is 9.87. The number of aryl methyl sites for hydroxylation is 1. The van der Waals surface area contributed by atoms with Crippen LogP contribution in [0.4, 0.5) is 41.2 Å². The number of ether oxygens (including phenoxy) is 1. The number of alkyl halides is 6. The molecule has 2 N–H and O–H groups in total. The van der Waals surface area contributed by atoms with Gasteiger partial charge in [0.05, 0.1) is 22.7 Å². The summed E-state index contributed by atoms with van der Waals surface area (Å²) in [4.78, 5) is 26.5. The molecule has 0 radical (unpaired) electrons. The van der Waals surface area contributed by atoms with E-state index in [1.807, 2.05) is 0 Å². The number of hydrogen-bond acceptors (Lipinski definition) is 6. The lowest BCUT2D eigenvalue weighted by molar-refractivity contribution is -0.376. The van der Waals surface area contributed by atoms with Crippen LogP contribution in [0.2, 0.25) is 0 Å². The fourth-order valence-electron chi connectivity index (χ4n) is 5.49. The molecule has 2 aromatic carbocycles. The van der Waals surface area contributed by atoms with Crippen LogP contribution in [0.5, 0.6) is 0 Å². The fraction of sp³-hybridized carbons (Fsp3) is 0.517. The number of nitrogens with one attached hydrogen (secondary N) is 1. The quantitative estimate of drug-likeness (QED) is 0.407. The van der Waals surface area contributed by atoms with Crippen molar-refractivity contribution in [2.24, 2.45) is 0 Å². The zero-order valence-electron chi connectivity index (χ0n) is 24.9. The number of aliphatic hydroxyl groups is 1. The summed E-state index contributed by atoms with van der Waals surface area (Å²) in [5, 5.41) is 12.6. The summed E-state index contributed by atoms with van der Waals surface area (Å²) in [6, 6.07) is 3.51. The Bertz CT molecular complexity index is 1560. The average Bonchev–Trinajstić information content (AvgIpc) is 3.38. The highest BCUT2D eigenvalue weighted by Gasteiger charge is 2.71. The van der Waals surface area contributed by atoms with Gasteiger partial charge in [-0.25, -0.2) is 17.6 Å². The van der Waals surface area contributed by atoms with Gasteiger partial charge < -0.3 is 20.1 Å². The summed E-state index contributed by atoms with van der Waals surface area (Å²) in [7, 11) is -4.64. The van der Waals surface area contributed by atoms with Crippen LogP contribution < -0.4 is 9.62 Å². The average molecular weight is 684 g/mol. The van der Waals surface area contributed by atoms with Crippen LogP contribution in [0.3, 0.4) is 0 Å². The van der Waals surface area contributed by atoms with Gasteiger partial charge in [-0.05, 0) is 75.9 Å². The number of carbonyl (C=O) groups is 2. The molecule has 46 heavy (non-hydrogen) atoms. The molecular weight excluding hydrogens is 651 g/mol. The van der Waals surface area contributed by atoms with Gasteiger partial charge in [0.2, 0.25) is 5.91 Å². The predicted octanol–water partition coefficient (Wildman–Crippen LogP) is 5.16. The maximum Gasteiger partial charge on any atom is 0.430 e. The van der Waals surface area contributed by atoms with Gasteiger partial charge >= 0.3 is 18.4 Å². The maximum atomic E-state index is 13.9. The summed E-state index contributed by atoms with van der Waals surface area (Å²) in [6.45, 7) is 5.34. The molecule has 9 nitrogen and oxygen atoms in total. The molecule has 0 spiro atoms. The number of amides is 2. The molecule has 0 unspecified atom stereocenters. The van der Waals surface area contributed by atoms with Crippen molar-refractivity contribution in [2.45, 2.75) is 87.0 Å². The second kappa shape index (κ2) is 12.2. The van der Waals surface area contributed by atoms with Crippen LogP contribution >= 0.6 is 0 Å². The number of halogens is 7. The number of carbonyl (C=O) groups excluding carboxylic acids is 2. The van der Waals surface area contributed by atoms with Crippen molar-refractivity contribution < 1.29 is 58.6 Å². The van der Waals surface area contributed by atoms with Crippen LogP contribution in [0, 0.1) is 5.82 Å². The summed E-state index contributed by atoms with van der Waals surface area (Å²) in [5.41, 5.74) is -8.09. The number of hydrogen-bond donors (Lipinski definition) is 2. The number of anilines is 1. The number of rotatable bonds is 6. The monoisotopic (exact) mass is 683 g/mol. The van der Waals surface area contributed by atoms with E-state index in [-0.39, 0.29) is 37.2 Å². The zero-order valence-corrected chi connectivity index (χ0v) is 25.7. The van der Waals surface area contributed by atoms with Crippen molar-refractivity contribution in [1.82, 2.24) is 10.2 Å². The Morgan fingerprint density at radius 1 is 0.978 bits per heavy atom. The molecule has 0 saturated carbocycles. The Balaban J connectivity index is 1.66. The normalized spacial score (nSPS) is 19.5. The van der Waals surface area contributed by atoms with E-state index in [4.69, 9.17) is 4.74 Å². The number of fused-ring (bicyclic) bond motifs is 1. The van der Waals surface area contributed by atoms with Crippen LogP contribution in [0.25, 0.3) is 0 Å². The minimum atomic E-state index is -6.16. The van der Waals surface area contributed by atoms with Gasteiger partial charge in [0, 0.05) is 25.1 Å². The molecule has 2 aromatic rings. The Morgan fingerprint density at radius 2 is 1.59 bits per heavy atom. The standard InChI is InChI=1S/C29H32F7N3O6S/c1-26(2,3)45-25(41)37-20-12-13-38(16-20)24(40)15-21-8-4-17-14-18(27(42,28(31,32)33)29(34,35)36)5-11-23(17)39(21)46(43,44)22-9-6-19(30)7-10-22/h5-7,9-11,14,20-21,42H,4,8,12-13,15-16H2,1-3H3,(H,37,41)/t20-,21+/m1/s1. The topological polar surface area (TPSA) is 116 Å². The molecule has 2 aliphatic heterocycles. The SMILES string of the molecule is CC(C)(C)OC(=O)N[C@@H]1CCN(C(=O)C[C@@H]2CCc3cc(C(O)(C(F)(F)F)C(F)(F)F)ccc3N2S(=O)(=O)c2ccc(F)cc2)C1. The Hall–Kier alpha value is -3.60. The first-order chi connectivity index (χ1) is 21.0. The van der Waals surface area contributed by atoms with Crippen molar-refractivity contribution in [2.75, 3.05) is 17.4 Å². The fourth-order valence-corrected chi connectivity index (χ4v) is 7.21. The van der Waals surface area contributed by atoms with Gasteiger partial charge in [0.1, 0.15) is 11.4 Å².